The van der Waals surface area contributed by atoms with Gasteiger partial charge in [-0.15, -0.1) is 21.5 Å². The summed E-state index contributed by atoms with van der Waals surface area (Å²) < 4.78 is 1.10. The minimum absolute atomic E-state index is 0.462. The molecule has 2 unspecified atom stereocenters. The van der Waals surface area contributed by atoms with Gasteiger partial charge in [0.25, 0.3) is 0 Å². The number of hydrogen-bond donors (Lipinski definition) is 2. The van der Waals surface area contributed by atoms with Crippen molar-refractivity contribution in [2.75, 3.05) is 11.9 Å². The number of hydrogen-bond acceptors (Lipinski definition) is 8. The van der Waals surface area contributed by atoms with E-state index in [0.717, 1.165) is 50.5 Å². The highest BCUT2D eigenvalue weighted by Crippen LogP contribution is 2.37. The number of aromatic nitrogens is 6. The van der Waals surface area contributed by atoms with E-state index < -0.39 is 0 Å². The summed E-state index contributed by atoms with van der Waals surface area (Å²) in [5, 5.41) is 20.9. The molecule has 8 nitrogen and oxygen atoms in total. The number of fused-ring (bicyclic) bond motifs is 3. The molecule has 2 saturated heterocycles. The Morgan fingerprint density at radius 3 is 2.59 bits per heavy atom. The van der Waals surface area contributed by atoms with Crippen LogP contribution in [-0.4, -0.2) is 55.5 Å². The van der Waals surface area contributed by atoms with Crippen molar-refractivity contribution in [1.82, 2.24) is 35.7 Å². The summed E-state index contributed by atoms with van der Waals surface area (Å²) in [5.41, 5.74) is 4.85. The quantitative estimate of drug-likeness (QED) is 0.490. The molecular weight excluding hydrogens is 420 g/mol. The van der Waals surface area contributed by atoms with Crippen LogP contribution in [0.15, 0.2) is 30.7 Å². The van der Waals surface area contributed by atoms with Crippen LogP contribution in [0.2, 0.25) is 0 Å². The minimum Gasteiger partial charge on any atom is -0.339 e. The molecule has 2 bridgehead atoms. The molecule has 2 aliphatic rings. The summed E-state index contributed by atoms with van der Waals surface area (Å²) in [5.74, 6) is 0.700. The number of rotatable bonds is 4. The van der Waals surface area contributed by atoms with E-state index in [1.165, 1.54) is 19.3 Å². The van der Waals surface area contributed by atoms with Crippen molar-refractivity contribution in [1.29, 1.82) is 0 Å². The molecule has 164 valence electrons. The molecule has 2 fully saturated rings. The molecule has 5 heterocycles. The first-order valence-electron chi connectivity index (χ1n) is 11.2. The number of piperidine rings is 2. The second-order valence-corrected chi connectivity index (χ2v) is 10.1. The van der Waals surface area contributed by atoms with Crippen LogP contribution in [0.4, 0.5) is 5.95 Å². The van der Waals surface area contributed by atoms with Crippen molar-refractivity contribution in [3.63, 3.8) is 0 Å². The Morgan fingerprint density at radius 1 is 1.06 bits per heavy atom. The zero-order valence-electron chi connectivity index (χ0n) is 18.2. The first-order chi connectivity index (χ1) is 15.7. The molecule has 0 aliphatic carbocycles. The predicted molar refractivity (Wildman–Crippen MR) is 127 cm³/mol. The van der Waals surface area contributed by atoms with Crippen LogP contribution >= 0.6 is 11.3 Å². The SMILES string of the molecule is Cc1nc2c(-c3cn[nH]c3)ccc(-c3cnc(N(C)C4CC5CCCC(C4)N5)nn3)c2s1. The third-order valence-electron chi connectivity index (χ3n) is 6.84. The summed E-state index contributed by atoms with van der Waals surface area (Å²) in [6.07, 6.45) is 11.8. The number of nitrogens with one attached hydrogen (secondary N) is 2. The van der Waals surface area contributed by atoms with Crippen LogP contribution < -0.4 is 10.2 Å². The standard InChI is InChI=1S/C23H26N8S/c1-13-27-21-18(14-10-25-26-11-14)6-7-19(22(21)32-13)20-12-24-23(30-29-20)31(2)17-8-15-4-3-5-16(9-17)28-15/h6-7,10-12,15-17,28H,3-5,8-9H2,1-2H3,(H,25,26). The van der Waals surface area contributed by atoms with Crippen molar-refractivity contribution in [3.05, 3.63) is 35.7 Å². The highest BCUT2D eigenvalue weighted by molar-refractivity contribution is 7.19. The maximum Gasteiger partial charge on any atom is 0.245 e. The second kappa shape index (κ2) is 7.90. The lowest BCUT2D eigenvalue weighted by molar-refractivity contribution is 0.218. The lowest BCUT2D eigenvalue weighted by Crippen LogP contribution is -2.54. The largest absolute Gasteiger partial charge is 0.339 e. The molecule has 2 N–H and O–H groups in total. The molecule has 0 radical (unpaired) electrons. The third-order valence-corrected chi connectivity index (χ3v) is 7.84. The van der Waals surface area contributed by atoms with Gasteiger partial charge in [-0.1, -0.05) is 18.6 Å². The molecule has 2 aliphatic heterocycles. The number of thiazole rings is 1. The first kappa shape index (κ1) is 19.8. The minimum atomic E-state index is 0.462. The molecular formula is C23H26N8S. The van der Waals surface area contributed by atoms with Gasteiger partial charge in [-0.05, 0) is 32.6 Å². The van der Waals surface area contributed by atoms with Crippen LogP contribution in [0.3, 0.4) is 0 Å². The number of aromatic amines is 1. The summed E-state index contributed by atoms with van der Waals surface area (Å²) >= 11 is 1.67. The van der Waals surface area contributed by atoms with E-state index in [-0.39, 0.29) is 0 Å². The van der Waals surface area contributed by atoms with Gasteiger partial charge in [-0.3, -0.25) is 5.10 Å². The van der Waals surface area contributed by atoms with E-state index >= 15 is 0 Å². The highest BCUT2D eigenvalue weighted by Gasteiger charge is 2.33. The highest BCUT2D eigenvalue weighted by atomic mass is 32.1. The number of benzene rings is 1. The van der Waals surface area contributed by atoms with Crippen molar-refractivity contribution in [2.45, 2.75) is 57.2 Å². The maximum atomic E-state index is 4.78. The number of H-pyrrole nitrogens is 1. The zero-order valence-corrected chi connectivity index (χ0v) is 19.1. The van der Waals surface area contributed by atoms with Gasteiger partial charge in [0.15, 0.2) is 0 Å². The molecule has 0 saturated carbocycles. The molecule has 6 rings (SSSR count). The Morgan fingerprint density at radius 2 is 1.88 bits per heavy atom. The maximum absolute atomic E-state index is 4.78. The molecule has 9 heteroatoms. The van der Waals surface area contributed by atoms with E-state index in [9.17, 15) is 0 Å². The van der Waals surface area contributed by atoms with Gasteiger partial charge in [0.1, 0.15) is 5.69 Å². The molecule has 32 heavy (non-hydrogen) atoms. The van der Waals surface area contributed by atoms with Gasteiger partial charge in [0, 0.05) is 48.1 Å². The van der Waals surface area contributed by atoms with Crippen molar-refractivity contribution >= 4 is 27.5 Å². The van der Waals surface area contributed by atoms with Gasteiger partial charge in [-0.25, -0.2) is 9.97 Å². The Labute approximate surface area is 190 Å². The normalized spacial score (nSPS) is 22.9. The fraction of sp³-hybridized carbons (Fsp3) is 0.435. The Hall–Kier alpha value is -2.91. The number of nitrogens with zero attached hydrogens (tertiary/aromatic N) is 6. The molecule has 3 aromatic heterocycles. The summed E-state index contributed by atoms with van der Waals surface area (Å²) in [4.78, 5) is 11.7. The van der Waals surface area contributed by atoms with Crippen LogP contribution in [0.25, 0.3) is 32.6 Å². The molecule has 0 spiro atoms. The molecule has 2 atom stereocenters. The van der Waals surface area contributed by atoms with Crippen molar-refractivity contribution in [3.8, 4) is 22.4 Å². The zero-order chi connectivity index (χ0) is 21.7. The molecule has 1 aromatic carbocycles. The van der Waals surface area contributed by atoms with Gasteiger partial charge >= 0.3 is 0 Å². The summed E-state index contributed by atoms with van der Waals surface area (Å²) in [6, 6.07) is 5.88. The second-order valence-electron chi connectivity index (χ2n) is 8.93. The fourth-order valence-corrected chi connectivity index (χ4v) is 6.18. The van der Waals surface area contributed by atoms with Gasteiger partial charge in [0.05, 0.1) is 27.6 Å². The predicted octanol–water partition coefficient (Wildman–Crippen LogP) is 3.96. The average molecular weight is 447 g/mol. The van der Waals surface area contributed by atoms with Gasteiger partial charge < -0.3 is 10.2 Å². The number of aryl methyl sites for hydroxylation is 1. The third kappa shape index (κ3) is 3.45. The molecule has 0 amide bonds. The Kier molecular flexibility index (Phi) is 4.87. The van der Waals surface area contributed by atoms with E-state index in [1.807, 2.05) is 25.5 Å². The van der Waals surface area contributed by atoms with Crippen LogP contribution in [0.5, 0.6) is 0 Å². The van der Waals surface area contributed by atoms with E-state index in [4.69, 9.17) is 9.97 Å². The Balaban J connectivity index is 1.30. The van der Waals surface area contributed by atoms with E-state index in [2.05, 4.69) is 49.8 Å². The van der Waals surface area contributed by atoms with E-state index in [1.54, 1.807) is 11.3 Å². The Bertz CT molecular complexity index is 1220. The smallest absolute Gasteiger partial charge is 0.245 e. The molecule has 4 aromatic rings. The van der Waals surface area contributed by atoms with Crippen LogP contribution in [0, 0.1) is 6.92 Å². The van der Waals surface area contributed by atoms with E-state index in [0.29, 0.717) is 24.1 Å². The topological polar surface area (TPSA) is 95.5 Å². The van der Waals surface area contributed by atoms with Crippen molar-refractivity contribution < 1.29 is 0 Å². The fourth-order valence-electron chi connectivity index (χ4n) is 5.22. The summed E-state index contributed by atoms with van der Waals surface area (Å²) in [7, 11) is 2.10. The lowest BCUT2D eigenvalue weighted by Gasteiger charge is -2.43. The van der Waals surface area contributed by atoms with Gasteiger partial charge in [0.2, 0.25) is 5.95 Å². The first-order valence-corrected chi connectivity index (χ1v) is 12.1. The lowest BCUT2D eigenvalue weighted by atomic mass is 9.83. The average Bonchev–Trinajstić information content (AvgIpc) is 3.47. The summed E-state index contributed by atoms with van der Waals surface area (Å²) in [6.45, 7) is 2.03. The van der Waals surface area contributed by atoms with Crippen LogP contribution in [-0.2, 0) is 0 Å². The van der Waals surface area contributed by atoms with Crippen molar-refractivity contribution in [2.24, 2.45) is 0 Å². The monoisotopic (exact) mass is 446 g/mol. The van der Waals surface area contributed by atoms with Crippen LogP contribution in [0.1, 0.15) is 37.1 Å². The van der Waals surface area contributed by atoms with Gasteiger partial charge in [-0.2, -0.15) is 5.10 Å². The number of anilines is 1.